The van der Waals surface area contributed by atoms with Gasteiger partial charge in [0.15, 0.2) is 0 Å². The Balaban J connectivity index is 1.98. The van der Waals surface area contributed by atoms with Gasteiger partial charge in [0.25, 0.3) is 5.82 Å². The predicted molar refractivity (Wildman–Crippen MR) is 70.6 cm³/mol. The van der Waals surface area contributed by atoms with Crippen LogP contribution in [0, 0.1) is 11.3 Å². The summed E-state index contributed by atoms with van der Waals surface area (Å²) in [7, 11) is 0. The molecule has 0 spiro atoms. The lowest BCUT2D eigenvalue weighted by molar-refractivity contribution is -0.900. The third kappa shape index (κ3) is 4.08. The average molecular weight is 300 g/mol. The van der Waals surface area contributed by atoms with Gasteiger partial charge in [-0.05, 0) is 12.1 Å². The SMILES string of the molecule is N#CCCC[NH+]1CCN(c2[nH+]cccc2C(F)(F)F)CC1. The molecule has 1 fully saturated rings. The third-order valence-corrected chi connectivity index (χ3v) is 3.75. The minimum Gasteiger partial charge on any atom is -0.328 e. The zero-order valence-corrected chi connectivity index (χ0v) is 11.7. The Hall–Kier alpha value is -1.81. The number of rotatable bonds is 4. The zero-order chi connectivity index (χ0) is 15.3. The van der Waals surface area contributed by atoms with Crippen molar-refractivity contribution in [3.63, 3.8) is 0 Å². The monoisotopic (exact) mass is 300 g/mol. The van der Waals surface area contributed by atoms with E-state index in [0.29, 0.717) is 19.5 Å². The Labute approximate surface area is 121 Å². The summed E-state index contributed by atoms with van der Waals surface area (Å²) in [5, 5.41) is 8.52. The summed E-state index contributed by atoms with van der Waals surface area (Å²) in [4.78, 5) is 5.85. The molecule has 2 heterocycles. The first-order valence-corrected chi connectivity index (χ1v) is 7.05. The molecule has 2 rings (SSSR count). The van der Waals surface area contributed by atoms with Gasteiger partial charge in [0.2, 0.25) is 0 Å². The normalized spacial score (nSPS) is 16.8. The van der Waals surface area contributed by atoms with Gasteiger partial charge in [-0.15, -0.1) is 0 Å². The van der Waals surface area contributed by atoms with E-state index in [0.717, 1.165) is 32.1 Å². The number of anilines is 1. The van der Waals surface area contributed by atoms with Gasteiger partial charge in [-0.3, -0.25) is 0 Å². The van der Waals surface area contributed by atoms with Crippen molar-refractivity contribution in [3.8, 4) is 6.07 Å². The molecule has 0 aromatic carbocycles. The average Bonchev–Trinajstić information content (AvgIpc) is 2.47. The highest BCUT2D eigenvalue weighted by Gasteiger charge is 2.40. The molecule has 1 aromatic rings. The van der Waals surface area contributed by atoms with Crippen LogP contribution in [-0.4, -0.2) is 32.7 Å². The van der Waals surface area contributed by atoms with E-state index >= 15 is 0 Å². The molecule has 1 saturated heterocycles. The lowest BCUT2D eigenvalue weighted by atomic mass is 10.2. The summed E-state index contributed by atoms with van der Waals surface area (Å²) in [5.74, 6) is 0.154. The molecule has 21 heavy (non-hydrogen) atoms. The number of alkyl halides is 3. The second-order valence-electron chi connectivity index (χ2n) is 5.18. The maximum Gasteiger partial charge on any atom is 0.424 e. The molecule has 4 nitrogen and oxygen atoms in total. The van der Waals surface area contributed by atoms with Gasteiger partial charge in [-0.1, -0.05) is 0 Å². The first-order chi connectivity index (χ1) is 10.0. The number of H-pyrrole nitrogens is 1. The van der Waals surface area contributed by atoms with E-state index in [1.807, 2.05) is 0 Å². The van der Waals surface area contributed by atoms with Gasteiger partial charge in [0.1, 0.15) is 31.7 Å². The van der Waals surface area contributed by atoms with Crippen molar-refractivity contribution >= 4 is 5.82 Å². The Morgan fingerprint density at radius 2 is 2.05 bits per heavy atom. The molecular weight excluding hydrogens is 281 g/mol. The van der Waals surface area contributed by atoms with E-state index in [4.69, 9.17) is 5.26 Å². The fourth-order valence-corrected chi connectivity index (χ4v) is 2.63. The van der Waals surface area contributed by atoms with Crippen molar-refractivity contribution in [1.29, 1.82) is 5.26 Å². The highest BCUT2D eigenvalue weighted by atomic mass is 19.4. The van der Waals surface area contributed by atoms with Crippen LogP contribution in [0.1, 0.15) is 18.4 Å². The summed E-state index contributed by atoms with van der Waals surface area (Å²) in [6, 6.07) is 4.59. The molecule has 1 aromatic heterocycles. The molecule has 1 aliphatic rings. The molecule has 0 amide bonds. The first-order valence-electron chi connectivity index (χ1n) is 7.05. The van der Waals surface area contributed by atoms with Crippen LogP contribution in [0.3, 0.4) is 0 Å². The smallest absolute Gasteiger partial charge is 0.328 e. The van der Waals surface area contributed by atoms with Gasteiger partial charge >= 0.3 is 6.18 Å². The van der Waals surface area contributed by atoms with Crippen molar-refractivity contribution in [2.45, 2.75) is 19.0 Å². The van der Waals surface area contributed by atoms with Crippen LogP contribution in [0.2, 0.25) is 0 Å². The van der Waals surface area contributed by atoms with Crippen LogP contribution >= 0.6 is 0 Å². The number of piperazine rings is 1. The summed E-state index contributed by atoms with van der Waals surface area (Å²) in [6.07, 6.45) is -1.43. The van der Waals surface area contributed by atoms with E-state index in [-0.39, 0.29) is 5.82 Å². The minimum absolute atomic E-state index is 0.154. The quantitative estimate of drug-likeness (QED) is 0.825. The maximum absolute atomic E-state index is 13.0. The lowest BCUT2D eigenvalue weighted by Gasteiger charge is -2.29. The van der Waals surface area contributed by atoms with E-state index in [1.54, 1.807) is 4.90 Å². The largest absolute Gasteiger partial charge is 0.424 e. The van der Waals surface area contributed by atoms with Crippen molar-refractivity contribution in [1.82, 2.24) is 0 Å². The number of nitrogens with one attached hydrogen (secondary N) is 2. The van der Waals surface area contributed by atoms with Gasteiger partial charge < -0.3 is 4.90 Å². The van der Waals surface area contributed by atoms with E-state index in [9.17, 15) is 13.2 Å². The van der Waals surface area contributed by atoms with Crippen LogP contribution in [0.5, 0.6) is 0 Å². The number of hydrogen-bond acceptors (Lipinski definition) is 2. The molecule has 114 valence electrons. The third-order valence-electron chi connectivity index (χ3n) is 3.75. The van der Waals surface area contributed by atoms with Crippen molar-refractivity contribution in [2.75, 3.05) is 37.6 Å². The Kier molecular flexibility index (Phi) is 5.02. The van der Waals surface area contributed by atoms with Gasteiger partial charge in [0.05, 0.1) is 18.8 Å². The van der Waals surface area contributed by atoms with Crippen LogP contribution in [0.25, 0.3) is 0 Å². The summed E-state index contributed by atoms with van der Waals surface area (Å²) in [6.45, 7) is 3.68. The molecule has 0 unspecified atom stereocenters. The number of nitriles is 1. The maximum atomic E-state index is 13.0. The molecule has 0 aliphatic carbocycles. The molecule has 0 radical (unpaired) electrons. The number of hydrogen-bond donors (Lipinski definition) is 1. The molecular formula is C14H19F3N4+2. The highest BCUT2D eigenvalue weighted by Crippen LogP contribution is 2.33. The van der Waals surface area contributed by atoms with Crippen molar-refractivity contribution in [3.05, 3.63) is 23.9 Å². The fraction of sp³-hybridized carbons (Fsp3) is 0.571. The van der Waals surface area contributed by atoms with E-state index in [1.165, 1.54) is 17.2 Å². The fourth-order valence-electron chi connectivity index (χ4n) is 2.63. The van der Waals surface area contributed by atoms with Crippen LogP contribution in [0.15, 0.2) is 18.3 Å². The molecule has 1 aliphatic heterocycles. The Bertz CT molecular complexity index is 502. The number of aromatic amines is 1. The number of nitrogens with zero attached hydrogens (tertiary/aromatic N) is 2. The van der Waals surface area contributed by atoms with Crippen LogP contribution < -0.4 is 14.8 Å². The summed E-state index contributed by atoms with van der Waals surface area (Å²) >= 11 is 0. The van der Waals surface area contributed by atoms with Gasteiger partial charge in [0, 0.05) is 12.8 Å². The number of pyridine rings is 1. The highest BCUT2D eigenvalue weighted by molar-refractivity contribution is 5.43. The number of unbranched alkanes of at least 4 members (excludes halogenated alkanes) is 1. The van der Waals surface area contributed by atoms with Crippen molar-refractivity contribution in [2.24, 2.45) is 0 Å². The Morgan fingerprint density at radius 1 is 1.33 bits per heavy atom. The van der Waals surface area contributed by atoms with E-state index in [2.05, 4.69) is 11.1 Å². The van der Waals surface area contributed by atoms with Gasteiger partial charge in [-0.25, -0.2) is 9.88 Å². The molecule has 0 atom stereocenters. The standard InChI is InChI=1S/C14H17F3N4/c15-14(16,17)12-4-3-6-19-13(12)21-10-8-20(9-11-21)7-2-1-5-18/h3-4,6H,1-2,7-11H2/p+2. The molecule has 2 N–H and O–H groups in total. The molecule has 7 heteroatoms. The second kappa shape index (κ2) is 6.76. The number of quaternary nitrogens is 1. The lowest BCUT2D eigenvalue weighted by Crippen LogP contribution is -3.14. The van der Waals surface area contributed by atoms with Gasteiger partial charge in [-0.2, -0.15) is 18.4 Å². The minimum atomic E-state index is -4.34. The van der Waals surface area contributed by atoms with Crippen molar-refractivity contribution < 1.29 is 23.1 Å². The summed E-state index contributed by atoms with van der Waals surface area (Å²) < 4.78 is 39.0. The van der Waals surface area contributed by atoms with Crippen LogP contribution in [0.4, 0.5) is 19.0 Å². The number of halogens is 3. The summed E-state index contributed by atoms with van der Waals surface area (Å²) in [5.41, 5.74) is -0.613. The predicted octanol–water partition coefficient (Wildman–Crippen LogP) is 0.528. The van der Waals surface area contributed by atoms with E-state index < -0.39 is 11.7 Å². The van der Waals surface area contributed by atoms with Crippen LogP contribution in [-0.2, 0) is 6.18 Å². The molecule has 0 bridgehead atoms. The Morgan fingerprint density at radius 3 is 2.67 bits per heavy atom. The topological polar surface area (TPSA) is 45.6 Å². The second-order valence-corrected chi connectivity index (χ2v) is 5.18. The first kappa shape index (κ1) is 15.6. The zero-order valence-electron chi connectivity index (χ0n) is 11.7. The molecule has 0 saturated carbocycles. The number of aromatic nitrogens is 1.